The topological polar surface area (TPSA) is 139 Å². The minimum Gasteiger partial charge on any atom is -0.481 e. The highest BCUT2D eigenvalue weighted by Crippen LogP contribution is 2.28. The van der Waals surface area contributed by atoms with E-state index >= 15 is 0 Å². The molecule has 8 nitrogen and oxygen atoms in total. The van der Waals surface area contributed by atoms with Gasteiger partial charge in [-0.3, -0.25) is 19.2 Å². The maximum Gasteiger partial charge on any atom is 0.303 e. The quantitative estimate of drug-likeness (QED) is 0.428. The van der Waals surface area contributed by atoms with Crippen molar-refractivity contribution in [2.45, 2.75) is 36.3 Å². The molecule has 2 rings (SSSR count). The molecule has 0 aromatic heterocycles. The van der Waals surface area contributed by atoms with Gasteiger partial charge < -0.3 is 21.5 Å². The van der Waals surface area contributed by atoms with E-state index < -0.39 is 11.9 Å². The number of carboxylic acid groups (broad SMARTS) is 1. The summed E-state index contributed by atoms with van der Waals surface area (Å²) in [6, 6.07) is 13.3. The second kappa shape index (κ2) is 11.0. The fourth-order valence-electron chi connectivity index (χ4n) is 2.52. The first kappa shape index (κ1) is 23.0. The molecule has 158 valence electrons. The molecule has 0 aliphatic heterocycles. The number of benzene rings is 2. The second-order valence-corrected chi connectivity index (χ2v) is 7.69. The van der Waals surface area contributed by atoms with E-state index in [1.807, 2.05) is 13.0 Å². The van der Waals surface area contributed by atoms with Gasteiger partial charge in [0.25, 0.3) is 0 Å². The summed E-state index contributed by atoms with van der Waals surface area (Å²) in [6.45, 7) is 1.89. The van der Waals surface area contributed by atoms with Crippen LogP contribution < -0.4 is 16.4 Å². The van der Waals surface area contributed by atoms with Gasteiger partial charge in [-0.25, -0.2) is 0 Å². The maximum absolute atomic E-state index is 12.6. The van der Waals surface area contributed by atoms with Gasteiger partial charge in [0.1, 0.15) is 0 Å². The van der Waals surface area contributed by atoms with E-state index in [2.05, 4.69) is 10.6 Å². The van der Waals surface area contributed by atoms with E-state index in [1.54, 1.807) is 42.5 Å². The summed E-state index contributed by atoms with van der Waals surface area (Å²) in [6.07, 6.45) is 0.227. The lowest BCUT2D eigenvalue weighted by Crippen LogP contribution is -2.24. The second-order valence-electron chi connectivity index (χ2n) is 6.42. The van der Waals surface area contributed by atoms with Gasteiger partial charge in [-0.2, -0.15) is 0 Å². The zero-order chi connectivity index (χ0) is 22.1. The van der Waals surface area contributed by atoms with Crippen molar-refractivity contribution in [3.05, 3.63) is 54.1 Å². The first-order chi connectivity index (χ1) is 14.3. The van der Waals surface area contributed by atoms with Crippen LogP contribution in [0.4, 0.5) is 11.4 Å². The average molecular weight is 429 g/mol. The summed E-state index contributed by atoms with van der Waals surface area (Å²) in [5.41, 5.74) is 6.66. The summed E-state index contributed by atoms with van der Waals surface area (Å²) in [5.74, 6) is -2.14. The van der Waals surface area contributed by atoms with Crippen LogP contribution >= 0.6 is 11.8 Å². The summed E-state index contributed by atoms with van der Waals surface area (Å²) < 4.78 is 0. The molecule has 0 spiro atoms. The Bertz CT molecular complexity index is 930. The normalized spacial score (nSPS) is 11.4. The van der Waals surface area contributed by atoms with Crippen molar-refractivity contribution in [2.24, 2.45) is 5.73 Å². The number of hydrogen-bond donors (Lipinski definition) is 4. The number of carbonyl (C=O) groups is 4. The van der Waals surface area contributed by atoms with Gasteiger partial charge in [0.05, 0.1) is 11.7 Å². The highest BCUT2D eigenvalue weighted by Gasteiger charge is 2.18. The number of thioether (sulfide) groups is 1. The third kappa shape index (κ3) is 7.25. The lowest BCUT2D eigenvalue weighted by molar-refractivity contribution is -0.138. The van der Waals surface area contributed by atoms with Gasteiger partial charge in [0, 0.05) is 28.3 Å². The largest absolute Gasteiger partial charge is 0.481 e. The van der Waals surface area contributed by atoms with Crippen LogP contribution in [0, 0.1) is 0 Å². The standard InChI is InChI=1S/C21H23N3O5S/c1-2-17(21(29)24-14-8-6-13(7-9-14)20(22)28)30-16-5-3-4-15(12-16)23-18(25)10-11-19(26)27/h3-9,12,17H,2,10-11H2,1H3,(H2,22,28)(H,23,25)(H,24,29)(H,26,27). The molecule has 9 heteroatoms. The number of aliphatic carboxylic acids is 1. The average Bonchev–Trinajstić information content (AvgIpc) is 2.71. The van der Waals surface area contributed by atoms with Crippen molar-refractivity contribution in [1.82, 2.24) is 0 Å². The Morgan fingerprint density at radius 2 is 1.70 bits per heavy atom. The smallest absolute Gasteiger partial charge is 0.303 e. The lowest BCUT2D eigenvalue weighted by Gasteiger charge is -2.15. The van der Waals surface area contributed by atoms with E-state index in [-0.39, 0.29) is 29.9 Å². The molecular formula is C21H23N3O5S. The van der Waals surface area contributed by atoms with Crippen LogP contribution in [-0.2, 0) is 14.4 Å². The molecule has 1 unspecified atom stereocenters. The fourth-order valence-corrected chi connectivity index (χ4v) is 3.53. The summed E-state index contributed by atoms with van der Waals surface area (Å²) >= 11 is 1.35. The Hall–Kier alpha value is -3.33. The van der Waals surface area contributed by atoms with Gasteiger partial charge in [0.2, 0.25) is 17.7 Å². The van der Waals surface area contributed by atoms with E-state index in [1.165, 1.54) is 11.8 Å². The van der Waals surface area contributed by atoms with Crippen molar-refractivity contribution in [2.75, 3.05) is 10.6 Å². The molecule has 0 bridgehead atoms. The molecule has 1 atom stereocenters. The van der Waals surface area contributed by atoms with E-state index in [0.29, 0.717) is 23.4 Å². The Kier molecular flexibility index (Phi) is 8.42. The lowest BCUT2D eigenvalue weighted by atomic mass is 10.2. The van der Waals surface area contributed by atoms with Crippen LogP contribution in [0.15, 0.2) is 53.4 Å². The van der Waals surface area contributed by atoms with Gasteiger partial charge in [-0.15, -0.1) is 11.8 Å². The summed E-state index contributed by atoms with van der Waals surface area (Å²) in [5, 5.41) is 13.8. The Labute approximate surface area is 178 Å². The SMILES string of the molecule is CCC(Sc1cccc(NC(=O)CCC(=O)O)c1)C(=O)Nc1ccc(C(N)=O)cc1. The number of anilines is 2. The molecule has 5 N–H and O–H groups in total. The van der Waals surface area contributed by atoms with Crippen molar-refractivity contribution in [1.29, 1.82) is 0 Å². The molecule has 0 saturated carbocycles. The predicted octanol–water partition coefficient (Wildman–Crippen LogP) is 3.10. The van der Waals surface area contributed by atoms with E-state index in [9.17, 15) is 19.2 Å². The zero-order valence-electron chi connectivity index (χ0n) is 16.4. The molecule has 0 aliphatic carbocycles. The number of amides is 3. The third-order valence-electron chi connectivity index (χ3n) is 4.06. The highest BCUT2D eigenvalue weighted by atomic mass is 32.2. The van der Waals surface area contributed by atoms with Crippen LogP contribution in [0.1, 0.15) is 36.5 Å². The first-order valence-corrected chi connectivity index (χ1v) is 10.2. The van der Waals surface area contributed by atoms with Crippen LogP contribution in [-0.4, -0.2) is 34.0 Å². The predicted molar refractivity (Wildman–Crippen MR) is 115 cm³/mol. The minimum atomic E-state index is -1.03. The molecular weight excluding hydrogens is 406 g/mol. The van der Waals surface area contributed by atoms with Crippen LogP contribution in [0.2, 0.25) is 0 Å². The number of hydrogen-bond acceptors (Lipinski definition) is 5. The Morgan fingerprint density at radius 3 is 2.30 bits per heavy atom. The molecule has 3 amide bonds. The maximum atomic E-state index is 12.6. The van der Waals surface area contributed by atoms with Crippen molar-refractivity contribution in [3.63, 3.8) is 0 Å². The molecule has 0 saturated heterocycles. The van der Waals surface area contributed by atoms with E-state index in [0.717, 1.165) is 4.90 Å². The van der Waals surface area contributed by atoms with Crippen LogP contribution in [0.3, 0.4) is 0 Å². The number of nitrogens with one attached hydrogen (secondary N) is 2. The van der Waals surface area contributed by atoms with Gasteiger partial charge >= 0.3 is 5.97 Å². The van der Waals surface area contributed by atoms with Crippen molar-refractivity contribution in [3.8, 4) is 0 Å². The Balaban J connectivity index is 1.99. The van der Waals surface area contributed by atoms with Gasteiger partial charge in [0.15, 0.2) is 0 Å². The molecule has 2 aromatic carbocycles. The highest BCUT2D eigenvalue weighted by molar-refractivity contribution is 8.00. The van der Waals surface area contributed by atoms with Crippen molar-refractivity contribution < 1.29 is 24.3 Å². The molecule has 0 radical (unpaired) electrons. The Morgan fingerprint density at radius 1 is 1.00 bits per heavy atom. The minimum absolute atomic E-state index is 0.110. The number of primary amides is 1. The van der Waals surface area contributed by atoms with E-state index in [4.69, 9.17) is 10.8 Å². The molecule has 0 heterocycles. The number of rotatable bonds is 10. The third-order valence-corrected chi connectivity index (χ3v) is 5.42. The molecule has 2 aromatic rings. The monoisotopic (exact) mass is 429 g/mol. The zero-order valence-corrected chi connectivity index (χ0v) is 17.2. The summed E-state index contributed by atoms with van der Waals surface area (Å²) in [4.78, 5) is 46.9. The van der Waals surface area contributed by atoms with Crippen LogP contribution in [0.5, 0.6) is 0 Å². The van der Waals surface area contributed by atoms with Crippen molar-refractivity contribution >= 4 is 46.8 Å². The summed E-state index contributed by atoms with van der Waals surface area (Å²) in [7, 11) is 0. The van der Waals surface area contributed by atoms with Gasteiger partial charge in [-0.05, 0) is 48.9 Å². The first-order valence-electron chi connectivity index (χ1n) is 9.27. The number of carbonyl (C=O) groups excluding carboxylic acids is 3. The van der Waals surface area contributed by atoms with Crippen LogP contribution in [0.25, 0.3) is 0 Å². The van der Waals surface area contributed by atoms with Gasteiger partial charge in [-0.1, -0.05) is 13.0 Å². The number of nitrogens with two attached hydrogens (primary N) is 1. The number of carboxylic acids is 1. The molecule has 30 heavy (non-hydrogen) atoms. The molecule has 0 fully saturated rings. The molecule has 0 aliphatic rings. The fraction of sp³-hybridized carbons (Fsp3) is 0.238.